The second kappa shape index (κ2) is 4.78. The molecule has 1 heterocycles. The quantitative estimate of drug-likeness (QED) is 0.722. The molecule has 0 aromatic carbocycles. The molecule has 2 aliphatic rings. The van der Waals surface area contributed by atoms with Crippen molar-refractivity contribution in [1.29, 1.82) is 0 Å². The van der Waals surface area contributed by atoms with Gasteiger partial charge in [0.15, 0.2) is 5.79 Å². The lowest BCUT2D eigenvalue weighted by Gasteiger charge is -2.40. The van der Waals surface area contributed by atoms with Gasteiger partial charge in [0.05, 0.1) is 13.2 Å². The van der Waals surface area contributed by atoms with Crippen molar-refractivity contribution in [3.05, 3.63) is 0 Å². The van der Waals surface area contributed by atoms with Gasteiger partial charge in [-0.05, 0) is 24.7 Å². The SMILES string of the molecule is OCCC1CCC2(CC1CO)OCCO2. The Kier molecular flexibility index (Phi) is 3.61. The maximum Gasteiger partial charge on any atom is 0.168 e. The lowest BCUT2D eigenvalue weighted by atomic mass is 9.75. The third kappa shape index (κ3) is 2.33. The summed E-state index contributed by atoms with van der Waals surface area (Å²) in [6, 6.07) is 0. The zero-order chi connectivity index (χ0) is 10.7. The van der Waals surface area contributed by atoms with Crippen LogP contribution in [0.15, 0.2) is 0 Å². The van der Waals surface area contributed by atoms with Crippen LogP contribution < -0.4 is 0 Å². The molecule has 2 unspecified atom stereocenters. The van der Waals surface area contributed by atoms with Crippen LogP contribution in [-0.4, -0.2) is 42.4 Å². The Morgan fingerprint density at radius 2 is 1.87 bits per heavy atom. The van der Waals surface area contributed by atoms with E-state index >= 15 is 0 Å². The molecular weight excluding hydrogens is 196 g/mol. The average molecular weight is 216 g/mol. The van der Waals surface area contributed by atoms with Crippen molar-refractivity contribution in [1.82, 2.24) is 0 Å². The number of hydrogen-bond acceptors (Lipinski definition) is 4. The zero-order valence-electron chi connectivity index (χ0n) is 9.02. The van der Waals surface area contributed by atoms with E-state index in [2.05, 4.69) is 0 Å². The number of aliphatic hydroxyl groups is 2. The van der Waals surface area contributed by atoms with Crippen molar-refractivity contribution >= 4 is 0 Å². The third-order valence-corrected chi connectivity index (χ3v) is 3.68. The molecule has 1 saturated carbocycles. The molecule has 0 aromatic rings. The van der Waals surface area contributed by atoms with E-state index in [1.54, 1.807) is 0 Å². The fourth-order valence-electron chi connectivity index (χ4n) is 2.83. The van der Waals surface area contributed by atoms with Gasteiger partial charge in [0.25, 0.3) is 0 Å². The van der Waals surface area contributed by atoms with E-state index in [1.807, 2.05) is 0 Å². The maximum absolute atomic E-state index is 9.34. The molecule has 1 aliphatic heterocycles. The van der Waals surface area contributed by atoms with E-state index in [4.69, 9.17) is 14.6 Å². The minimum atomic E-state index is -0.417. The molecule has 2 rings (SSSR count). The number of hydrogen-bond donors (Lipinski definition) is 2. The maximum atomic E-state index is 9.34. The molecular formula is C11H20O4. The Labute approximate surface area is 90.2 Å². The summed E-state index contributed by atoms with van der Waals surface area (Å²) in [6.07, 6.45) is 3.43. The summed E-state index contributed by atoms with van der Waals surface area (Å²) < 4.78 is 11.3. The minimum Gasteiger partial charge on any atom is -0.396 e. The van der Waals surface area contributed by atoms with Crippen molar-refractivity contribution in [2.45, 2.75) is 31.5 Å². The van der Waals surface area contributed by atoms with E-state index in [1.165, 1.54) is 0 Å². The van der Waals surface area contributed by atoms with Gasteiger partial charge in [-0.1, -0.05) is 0 Å². The Hall–Kier alpha value is -0.160. The van der Waals surface area contributed by atoms with Crippen LogP contribution in [-0.2, 0) is 9.47 Å². The lowest BCUT2D eigenvalue weighted by Crippen LogP contribution is -2.41. The standard InChI is InChI=1S/C11H20O4/c12-4-2-9-1-3-11(7-10(9)8-13)14-5-6-15-11/h9-10,12-13H,1-8H2. The highest BCUT2D eigenvalue weighted by molar-refractivity contribution is 4.87. The first kappa shape index (κ1) is 11.3. The molecule has 2 fully saturated rings. The van der Waals surface area contributed by atoms with Crippen LogP contribution in [0.5, 0.6) is 0 Å². The van der Waals surface area contributed by atoms with Gasteiger partial charge in [-0.25, -0.2) is 0 Å². The van der Waals surface area contributed by atoms with E-state index in [9.17, 15) is 5.11 Å². The summed E-state index contributed by atoms with van der Waals surface area (Å²) in [5.41, 5.74) is 0. The van der Waals surface area contributed by atoms with Crippen molar-refractivity contribution in [3.8, 4) is 0 Å². The number of ether oxygens (including phenoxy) is 2. The topological polar surface area (TPSA) is 58.9 Å². The predicted molar refractivity (Wildman–Crippen MR) is 54.3 cm³/mol. The molecule has 4 nitrogen and oxygen atoms in total. The second-order valence-corrected chi connectivity index (χ2v) is 4.57. The van der Waals surface area contributed by atoms with Gasteiger partial charge in [0.1, 0.15) is 0 Å². The molecule has 2 N–H and O–H groups in total. The smallest absolute Gasteiger partial charge is 0.168 e. The van der Waals surface area contributed by atoms with Gasteiger partial charge < -0.3 is 19.7 Å². The summed E-state index contributed by atoms with van der Waals surface area (Å²) in [7, 11) is 0. The van der Waals surface area contributed by atoms with E-state index in [0.29, 0.717) is 19.1 Å². The fraction of sp³-hybridized carbons (Fsp3) is 1.00. The van der Waals surface area contributed by atoms with Crippen LogP contribution in [0.25, 0.3) is 0 Å². The van der Waals surface area contributed by atoms with Gasteiger partial charge in [-0.2, -0.15) is 0 Å². The average Bonchev–Trinajstić information content (AvgIpc) is 2.70. The first-order valence-electron chi connectivity index (χ1n) is 5.79. The van der Waals surface area contributed by atoms with Crippen LogP contribution in [0, 0.1) is 11.8 Å². The monoisotopic (exact) mass is 216 g/mol. The highest BCUT2D eigenvalue weighted by atomic mass is 16.7. The van der Waals surface area contributed by atoms with Crippen molar-refractivity contribution in [2.24, 2.45) is 11.8 Å². The van der Waals surface area contributed by atoms with Gasteiger partial charge >= 0.3 is 0 Å². The molecule has 1 aliphatic carbocycles. The summed E-state index contributed by atoms with van der Waals surface area (Å²) in [6.45, 7) is 1.71. The highest BCUT2D eigenvalue weighted by Crippen LogP contribution is 2.42. The van der Waals surface area contributed by atoms with Crippen LogP contribution in [0.2, 0.25) is 0 Å². The number of rotatable bonds is 3. The predicted octanol–water partition coefficient (Wildman–Crippen LogP) is 0.520. The molecule has 2 atom stereocenters. The van der Waals surface area contributed by atoms with Gasteiger partial charge in [0, 0.05) is 26.1 Å². The summed E-state index contributed by atoms with van der Waals surface area (Å²) in [4.78, 5) is 0. The van der Waals surface area contributed by atoms with Crippen molar-refractivity contribution in [2.75, 3.05) is 26.4 Å². The fourth-order valence-corrected chi connectivity index (χ4v) is 2.83. The zero-order valence-corrected chi connectivity index (χ0v) is 9.02. The lowest BCUT2D eigenvalue weighted by molar-refractivity contribution is -0.198. The Morgan fingerprint density at radius 3 is 2.47 bits per heavy atom. The van der Waals surface area contributed by atoms with Gasteiger partial charge in [-0.3, -0.25) is 0 Å². The van der Waals surface area contributed by atoms with Crippen LogP contribution in [0.4, 0.5) is 0 Å². The summed E-state index contributed by atoms with van der Waals surface area (Å²) >= 11 is 0. The third-order valence-electron chi connectivity index (χ3n) is 3.68. The van der Waals surface area contributed by atoms with Crippen molar-refractivity contribution < 1.29 is 19.7 Å². The van der Waals surface area contributed by atoms with Gasteiger partial charge in [0.2, 0.25) is 0 Å². The Balaban J connectivity index is 1.96. The van der Waals surface area contributed by atoms with E-state index in [-0.39, 0.29) is 19.1 Å². The second-order valence-electron chi connectivity index (χ2n) is 4.57. The molecule has 0 aromatic heterocycles. The Morgan fingerprint density at radius 1 is 1.13 bits per heavy atom. The minimum absolute atomic E-state index is 0.166. The summed E-state index contributed by atoms with van der Waals surface area (Å²) in [5, 5.41) is 18.3. The number of aliphatic hydroxyl groups excluding tert-OH is 2. The first-order chi connectivity index (χ1) is 7.29. The van der Waals surface area contributed by atoms with E-state index in [0.717, 1.165) is 25.7 Å². The molecule has 0 radical (unpaired) electrons. The first-order valence-corrected chi connectivity index (χ1v) is 5.79. The van der Waals surface area contributed by atoms with Crippen LogP contribution in [0.1, 0.15) is 25.7 Å². The largest absolute Gasteiger partial charge is 0.396 e. The molecule has 1 saturated heterocycles. The molecule has 15 heavy (non-hydrogen) atoms. The molecule has 0 bridgehead atoms. The molecule has 0 amide bonds. The summed E-state index contributed by atoms with van der Waals surface area (Å²) in [5.74, 6) is 0.210. The van der Waals surface area contributed by atoms with Crippen LogP contribution in [0.3, 0.4) is 0 Å². The molecule has 4 heteroatoms. The van der Waals surface area contributed by atoms with Gasteiger partial charge in [-0.15, -0.1) is 0 Å². The van der Waals surface area contributed by atoms with E-state index < -0.39 is 5.79 Å². The normalized spacial score (nSPS) is 34.8. The Bertz CT molecular complexity index is 201. The van der Waals surface area contributed by atoms with Crippen molar-refractivity contribution in [3.63, 3.8) is 0 Å². The van der Waals surface area contributed by atoms with Crippen LogP contribution >= 0.6 is 0 Å². The molecule has 1 spiro atoms. The highest BCUT2D eigenvalue weighted by Gasteiger charge is 2.44. The molecule has 88 valence electrons.